The lowest BCUT2D eigenvalue weighted by atomic mass is 10.2. The molecule has 0 saturated heterocycles. The molecule has 0 aromatic heterocycles. The number of nitrogens with one attached hydrogen (secondary N) is 2. The molecule has 6 nitrogen and oxygen atoms in total. The van der Waals surface area contributed by atoms with E-state index in [4.69, 9.17) is 21.8 Å². The van der Waals surface area contributed by atoms with Crippen LogP contribution in [0.4, 0.5) is 14.5 Å². The van der Waals surface area contributed by atoms with Crippen LogP contribution in [0.5, 0.6) is 0 Å². The molecule has 0 bridgehead atoms. The monoisotopic (exact) mass is 322 g/mol. The van der Waals surface area contributed by atoms with Crippen LogP contribution in [0, 0.1) is 0 Å². The highest BCUT2D eigenvalue weighted by molar-refractivity contribution is 6.33. The zero-order valence-electron chi connectivity index (χ0n) is 10.6. The summed E-state index contributed by atoms with van der Waals surface area (Å²) in [5.41, 5.74) is 0.0357. The number of rotatable bonds is 7. The summed E-state index contributed by atoms with van der Waals surface area (Å²) in [5.74, 6) is -1.79. The van der Waals surface area contributed by atoms with Crippen molar-refractivity contribution in [1.82, 2.24) is 5.32 Å². The van der Waals surface area contributed by atoms with E-state index in [0.717, 1.165) is 0 Å². The van der Waals surface area contributed by atoms with Gasteiger partial charge in [0.15, 0.2) is 0 Å². The van der Waals surface area contributed by atoms with E-state index in [2.05, 4.69) is 10.6 Å². The Bertz CT molecular complexity index is 528. The summed E-state index contributed by atoms with van der Waals surface area (Å²) < 4.78 is 24.0. The Morgan fingerprint density at radius 3 is 2.57 bits per heavy atom. The van der Waals surface area contributed by atoms with E-state index in [1.165, 1.54) is 18.2 Å². The van der Waals surface area contributed by atoms with Crippen molar-refractivity contribution in [2.24, 2.45) is 0 Å². The van der Waals surface area contributed by atoms with Gasteiger partial charge < -0.3 is 20.8 Å². The Labute approximate surface area is 123 Å². The van der Waals surface area contributed by atoms with E-state index >= 15 is 0 Å². The van der Waals surface area contributed by atoms with E-state index in [1.54, 1.807) is 0 Å². The van der Waals surface area contributed by atoms with Crippen molar-refractivity contribution in [2.45, 2.75) is 12.5 Å². The maximum atomic E-state index is 12.0. The van der Waals surface area contributed by atoms with Crippen LogP contribution in [0.2, 0.25) is 5.02 Å². The number of aliphatic hydroxyl groups is 1. The molecule has 0 aliphatic carbocycles. The number of alkyl halides is 2. The zero-order chi connectivity index (χ0) is 16.0. The van der Waals surface area contributed by atoms with Crippen molar-refractivity contribution in [3.05, 3.63) is 28.8 Å². The van der Waals surface area contributed by atoms with Crippen molar-refractivity contribution < 1.29 is 28.6 Å². The van der Waals surface area contributed by atoms with Gasteiger partial charge in [-0.3, -0.25) is 4.79 Å². The standard InChI is InChI=1S/C12H13ClF2N2O4/c13-7-2-1-6(12(20)21)3-8(7)17-10(19)5-16-4-9(18)11(14)15/h1-3,9,11,16,18H,4-5H2,(H,17,19)(H,20,21). The van der Waals surface area contributed by atoms with E-state index in [-0.39, 0.29) is 22.8 Å². The Morgan fingerprint density at radius 2 is 2.00 bits per heavy atom. The highest BCUT2D eigenvalue weighted by atomic mass is 35.5. The van der Waals surface area contributed by atoms with Gasteiger partial charge in [0, 0.05) is 6.54 Å². The Hall–Kier alpha value is -1.77. The lowest BCUT2D eigenvalue weighted by Crippen LogP contribution is -2.36. The molecule has 116 valence electrons. The van der Waals surface area contributed by atoms with Gasteiger partial charge in [0.1, 0.15) is 6.10 Å². The van der Waals surface area contributed by atoms with Gasteiger partial charge >= 0.3 is 5.97 Å². The molecule has 1 aromatic rings. The Kier molecular flexibility index (Phi) is 6.47. The zero-order valence-corrected chi connectivity index (χ0v) is 11.4. The number of carbonyl (C=O) groups is 2. The van der Waals surface area contributed by atoms with Gasteiger partial charge in [-0.25, -0.2) is 13.6 Å². The van der Waals surface area contributed by atoms with Gasteiger partial charge in [-0.05, 0) is 18.2 Å². The first kappa shape index (κ1) is 17.3. The first-order valence-corrected chi connectivity index (χ1v) is 6.18. The largest absolute Gasteiger partial charge is 0.478 e. The minimum Gasteiger partial charge on any atom is -0.478 e. The second kappa shape index (κ2) is 7.87. The molecule has 1 amide bonds. The molecule has 0 saturated carbocycles. The van der Waals surface area contributed by atoms with Gasteiger partial charge in [0.2, 0.25) is 5.91 Å². The highest BCUT2D eigenvalue weighted by Gasteiger charge is 2.16. The number of anilines is 1. The number of hydrogen-bond donors (Lipinski definition) is 4. The van der Waals surface area contributed by atoms with Crippen LogP contribution in [0.3, 0.4) is 0 Å². The average Bonchev–Trinajstić information content (AvgIpc) is 2.40. The molecule has 9 heteroatoms. The van der Waals surface area contributed by atoms with Gasteiger partial charge in [0.25, 0.3) is 6.43 Å². The lowest BCUT2D eigenvalue weighted by Gasteiger charge is -2.11. The van der Waals surface area contributed by atoms with Crippen molar-refractivity contribution in [1.29, 1.82) is 0 Å². The fourth-order valence-electron chi connectivity index (χ4n) is 1.37. The molecule has 0 heterocycles. The molecule has 0 spiro atoms. The summed E-state index contributed by atoms with van der Waals surface area (Å²) in [6, 6.07) is 3.77. The van der Waals surface area contributed by atoms with Gasteiger partial charge in [-0.2, -0.15) is 0 Å². The van der Waals surface area contributed by atoms with Crippen molar-refractivity contribution in [3.8, 4) is 0 Å². The van der Waals surface area contributed by atoms with Crippen LogP contribution < -0.4 is 10.6 Å². The van der Waals surface area contributed by atoms with Gasteiger partial charge in [-0.1, -0.05) is 11.6 Å². The third kappa shape index (κ3) is 5.62. The van der Waals surface area contributed by atoms with Crippen LogP contribution in [-0.2, 0) is 4.79 Å². The minimum absolute atomic E-state index is 0.0595. The normalized spacial score (nSPS) is 12.2. The molecule has 0 aliphatic rings. The maximum absolute atomic E-state index is 12.0. The van der Waals surface area contributed by atoms with Crippen molar-refractivity contribution in [2.75, 3.05) is 18.4 Å². The molecule has 1 aromatic carbocycles. The number of amides is 1. The van der Waals surface area contributed by atoms with Crippen molar-refractivity contribution in [3.63, 3.8) is 0 Å². The van der Waals surface area contributed by atoms with Crippen LogP contribution in [0.1, 0.15) is 10.4 Å². The summed E-state index contributed by atoms with van der Waals surface area (Å²) in [4.78, 5) is 22.3. The molecule has 0 radical (unpaired) electrons. The molecule has 0 aliphatic heterocycles. The fraction of sp³-hybridized carbons (Fsp3) is 0.333. The molecule has 1 unspecified atom stereocenters. The van der Waals surface area contributed by atoms with E-state index in [0.29, 0.717) is 0 Å². The molecule has 4 N–H and O–H groups in total. The first-order chi connectivity index (χ1) is 9.81. The van der Waals surface area contributed by atoms with E-state index in [1.807, 2.05) is 0 Å². The lowest BCUT2D eigenvalue weighted by molar-refractivity contribution is -0.115. The predicted octanol–water partition coefficient (Wildman–Crippen LogP) is 1.19. The Morgan fingerprint density at radius 1 is 1.33 bits per heavy atom. The second-order valence-corrected chi connectivity index (χ2v) is 4.49. The molecule has 1 rings (SSSR count). The number of carbonyl (C=O) groups excluding carboxylic acids is 1. The highest BCUT2D eigenvalue weighted by Crippen LogP contribution is 2.22. The van der Waals surface area contributed by atoms with Crippen LogP contribution in [0.25, 0.3) is 0 Å². The van der Waals surface area contributed by atoms with Crippen LogP contribution in [0.15, 0.2) is 18.2 Å². The quantitative estimate of drug-likeness (QED) is 0.604. The summed E-state index contributed by atoms with van der Waals surface area (Å²) in [6.07, 6.45) is -4.76. The SMILES string of the molecule is O=C(CNCC(O)C(F)F)Nc1cc(C(=O)O)ccc1Cl. The Balaban J connectivity index is 2.55. The summed E-state index contributed by atoms with van der Waals surface area (Å²) in [7, 11) is 0. The number of aromatic carboxylic acids is 1. The molecule has 0 fully saturated rings. The third-order valence-corrected chi connectivity index (χ3v) is 2.75. The third-order valence-electron chi connectivity index (χ3n) is 2.42. The minimum atomic E-state index is -2.90. The number of benzene rings is 1. The van der Waals surface area contributed by atoms with Gasteiger partial charge in [-0.15, -0.1) is 0 Å². The first-order valence-electron chi connectivity index (χ1n) is 5.81. The second-order valence-electron chi connectivity index (χ2n) is 4.08. The molecular weight excluding hydrogens is 310 g/mol. The maximum Gasteiger partial charge on any atom is 0.335 e. The number of carboxylic acids is 1. The van der Waals surface area contributed by atoms with E-state index in [9.17, 15) is 18.4 Å². The van der Waals surface area contributed by atoms with Gasteiger partial charge in [0.05, 0.1) is 22.8 Å². The fourth-order valence-corrected chi connectivity index (χ4v) is 1.54. The number of carboxylic acid groups (broad SMARTS) is 1. The summed E-state index contributed by atoms with van der Waals surface area (Å²) in [6.45, 7) is -0.786. The average molecular weight is 323 g/mol. The molecule has 21 heavy (non-hydrogen) atoms. The summed E-state index contributed by atoms with van der Waals surface area (Å²) in [5, 5.41) is 22.5. The topological polar surface area (TPSA) is 98.7 Å². The van der Waals surface area contributed by atoms with Crippen molar-refractivity contribution >= 4 is 29.2 Å². The van der Waals surface area contributed by atoms with E-state index < -0.39 is 31.0 Å². The number of halogens is 3. The smallest absolute Gasteiger partial charge is 0.335 e. The molecule has 1 atom stereocenters. The van der Waals surface area contributed by atoms with Crippen LogP contribution >= 0.6 is 11.6 Å². The summed E-state index contributed by atoms with van der Waals surface area (Å²) >= 11 is 5.80. The van der Waals surface area contributed by atoms with Crippen LogP contribution in [-0.4, -0.2) is 47.7 Å². The number of hydrogen-bond acceptors (Lipinski definition) is 4. The predicted molar refractivity (Wildman–Crippen MR) is 71.9 cm³/mol. The molecular formula is C12H13ClF2N2O4. The number of aliphatic hydroxyl groups excluding tert-OH is 1.